The Bertz CT molecular complexity index is 1290. The summed E-state index contributed by atoms with van der Waals surface area (Å²) in [6, 6.07) is 2.32. The van der Waals surface area contributed by atoms with Gasteiger partial charge in [0.15, 0.2) is 23.2 Å². The summed E-state index contributed by atoms with van der Waals surface area (Å²) in [5, 5.41) is 2.93. The van der Waals surface area contributed by atoms with Gasteiger partial charge in [-0.1, -0.05) is 0 Å². The van der Waals surface area contributed by atoms with Gasteiger partial charge in [0.2, 0.25) is 5.13 Å². The molecule has 1 aromatic heterocycles. The molecule has 0 spiro atoms. The van der Waals surface area contributed by atoms with Crippen LogP contribution >= 0.6 is 11.5 Å². The maximum absolute atomic E-state index is 14.6. The lowest BCUT2D eigenvalue weighted by atomic mass is 9.81. The number of rotatable bonds is 7. The second kappa shape index (κ2) is 9.80. The first-order valence-electron chi connectivity index (χ1n) is 9.92. The van der Waals surface area contributed by atoms with Crippen LogP contribution < -0.4 is 14.8 Å². The van der Waals surface area contributed by atoms with Gasteiger partial charge in [-0.3, -0.25) is 4.72 Å². The van der Waals surface area contributed by atoms with Gasteiger partial charge in [0.1, 0.15) is 22.9 Å². The van der Waals surface area contributed by atoms with Gasteiger partial charge in [-0.05, 0) is 30.5 Å². The van der Waals surface area contributed by atoms with Crippen LogP contribution in [-0.2, 0) is 10.0 Å². The van der Waals surface area contributed by atoms with Gasteiger partial charge in [-0.15, -0.1) is 0 Å². The van der Waals surface area contributed by atoms with Crippen LogP contribution in [0.4, 0.5) is 27.1 Å². The van der Waals surface area contributed by atoms with Crippen LogP contribution in [0.1, 0.15) is 17.9 Å². The van der Waals surface area contributed by atoms with Crippen molar-refractivity contribution in [3.63, 3.8) is 0 Å². The monoisotopic (exact) mass is 520 g/mol. The van der Waals surface area contributed by atoms with Gasteiger partial charge < -0.3 is 10.1 Å². The molecule has 7 nitrogen and oxygen atoms in total. The van der Waals surface area contributed by atoms with E-state index in [-0.39, 0.29) is 17.3 Å². The summed E-state index contributed by atoms with van der Waals surface area (Å²) in [5.41, 5.74) is -0.0372. The number of anilines is 1. The lowest BCUT2D eigenvalue weighted by Gasteiger charge is -2.32. The Morgan fingerprint density at radius 1 is 1.03 bits per heavy atom. The Balaban J connectivity index is 1.52. The maximum atomic E-state index is 14.6. The largest absolute Gasteiger partial charge is 0.490 e. The highest BCUT2D eigenvalue weighted by atomic mass is 32.2. The number of nitrogens with zero attached hydrogens (tertiary/aromatic N) is 2. The fourth-order valence-corrected chi connectivity index (χ4v) is 5.47. The van der Waals surface area contributed by atoms with Crippen molar-refractivity contribution in [1.29, 1.82) is 0 Å². The number of piperidine rings is 1. The van der Waals surface area contributed by atoms with Crippen LogP contribution in [0.2, 0.25) is 0 Å². The highest BCUT2D eigenvalue weighted by molar-refractivity contribution is 7.93. The Morgan fingerprint density at radius 3 is 2.53 bits per heavy atom. The molecule has 0 amide bonds. The van der Waals surface area contributed by atoms with Crippen molar-refractivity contribution in [1.82, 2.24) is 14.7 Å². The first-order valence-corrected chi connectivity index (χ1v) is 12.2. The lowest BCUT2D eigenvalue weighted by Crippen LogP contribution is -2.39. The van der Waals surface area contributed by atoms with Crippen molar-refractivity contribution in [3.8, 4) is 5.75 Å². The van der Waals surface area contributed by atoms with E-state index in [1.807, 2.05) is 4.72 Å². The molecule has 4 rings (SSSR count). The summed E-state index contributed by atoms with van der Waals surface area (Å²) < 4.78 is 106. The minimum absolute atomic E-state index is 0.0372. The summed E-state index contributed by atoms with van der Waals surface area (Å²) in [4.78, 5) is 2.68. The number of halogens is 5. The number of sulfonamides is 1. The molecule has 3 aromatic rings. The second-order valence-electron chi connectivity index (χ2n) is 7.52. The van der Waals surface area contributed by atoms with E-state index in [1.165, 1.54) is 0 Å². The molecule has 0 bridgehead atoms. The number of ether oxygens (including phenoxy) is 1. The lowest BCUT2D eigenvalue weighted by molar-refractivity contribution is 0.188. The van der Waals surface area contributed by atoms with Crippen LogP contribution in [0.25, 0.3) is 0 Å². The summed E-state index contributed by atoms with van der Waals surface area (Å²) >= 11 is 0.713. The summed E-state index contributed by atoms with van der Waals surface area (Å²) in [5.74, 6) is -7.43. The van der Waals surface area contributed by atoms with Gasteiger partial charge in [0.05, 0.1) is 6.61 Å². The molecule has 0 saturated carbocycles. The number of benzene rings is 2. The summed E-state index contributed by atoms with van der Waals surface area (Å²) in [7, 11) is -4.48. The molecule has 1 fully saturated rings. The van der Waals surface area contributed by atoms with E-state index in [2.05, 4.69) is 14.7 Å². The molecule has 2 N–H and O–H groups in total. The Hall–Kier alpha value is -2.84. The molecule has 0 aliphatic carbocycles. The first-order chi connectivity index (χ1) is 16.2. The zero-order valence-electron chi connectivity index (χ0n) is 17.2. The smallest absolute Gasteiger partial charge is 0.266 e. The molecule has 2 aromatic carbocycles. The van der Waals surface area contributed by atoms with E-state index in [9.17, 15) is 30.4 Å². The van der Waals surface area contributed by atoms with Gasteiger partial charge >= 0.3 is 0 Å². The number of hydrogen-bond acceptors (Lipinski definition) is 7. The normalized spacial score (nSPS) is 18.6. The van der Waals surface area contributed by atoms with Gasteiger partial charge in [-0.2, -0.15) is 4.37 Å². The zero-order valence-corrected chi connectivity index (χ0v) is 18.8. The number of nitrogens with one attached hydrogen (secondary N) is 2. The predicted molar refractivity (Wildman–Crippen MR) is 113 cm³/mol. The van der Waals surface area contributed by atoms with Gasteiger partial charge in [0, 0.05) is 42.2 Å². The molecule has 1 aliphatic rings. The third kappa shape index (κ3) is 5.13. The molecule has 1 aliphatic heterocycles. The first kappa shape index (κ1) is 24.3. The molecular formula is C20H17F5N4O3S2. The van der Waals surface area contributed by atoms with Crippen molar-refractivity contribution < 1.29 is 35.1 Å². The maximum Gasteiger partial charge on any atom is 0.266 e. The Labute approximate surface area is 195 Å². The van der Waals surface area contributed by atoms with E-state index in [1.54, 1.807) is 0 Å². The van der Waals surface area contributed by atoms with E-state index in [0.29, 0.717) is 49.2 Å². The molecule has 14 heteroatoms. The SMILES string of the molecule is O=S(=O)(Nc1ncns1)c1cc(F)c(OC[C@@H]2CNCC[C@H]2c2cc(F)c(F)cc2F)cc1F. The third-order valence-electron chi connectivity index (χ3n) is 5.36. The highest BCUT2D eigenvalue weighted by Gasteiger charge is 2.31. The molecule has 1 saturated heterocycles. The molecule has 2 heterocycles. The average molecular weight is 521 g/mol. The van der Waals surface area contributed by atoms with Gasteiger partial charge in [-0.25, -0.2) is 35.4 Å². The molecule has 2 atom stereocenters. The van der Waals surface area contributed by atoms with Crippen molar-refractivity contribution in [3.05, 3.63) is 65.2 Å². The zero-order chi connectivity index (χ0) is 24.5. The molecule has 182 valence electrons. The van der Waals surface area contributed by atoms with Crippen molar-refractivity contribution >= 4 is 26.7 Å². The second-order valence-corrected chi connectivity index (χ2v) is 9.95. The van der Waals surface area contributed by atoms with E-state index >= 15 is 0 Å². The van der Waals surface area contributed by atoms with Crippen LogP contribution in [0, 0.1) is 35.0 Å². The van der Waals surface area contributed by atoms with Crippen molar-refractivity contribution in [2.75, 3.05) is 24.4 Å². The van der Waals surface area contributed by atoms with Crippen molar-refractivity contribution in [2.24, 2.45) is 5.92 Å². The Kier molecular flexibility index (Phi) is 7.00. The summed E-state index contributed by atoms with van der Waals surface area (Å²) in [6.45, 7) is 0.559. The van der Waals surface area contributed by atoms with Crippen LogP contribution in [-0.4, -0.2) is 37.5 Å². The van der Waals surface area contributed by atoms with Crippen LogP contribution in [0.5, 0.6) is 5.75 Å². The number of aromatic nitrogens is 2. The fraction of sp³-hybridized carbons (Fsp3) is 0.300. The van der Waals surface area contributed by atoms with E-state index in [4.69, 9.17) is 4.74 Å². The summed E-state index contributed by atoms with van der Waals surface area (Å²) in [6.07, 6.45) is 1.47. The fourth-order valence-electron chi connectivity index (χ4n) is 3.74. The molecule has 0 unspecified atom stereocenters. The molecular weight excluding hydrogens is 503 g/mol. The standard InChI is InChI=1S/C20H17F5N4O3S2/c21-13-4-15(23)14(22)3-12(13)11-1-2-26-7-10(11)8-32-18-5-17(25)19(6-16(18)24)34(30,31)29-20-27-9-28-33-20/h3-6,9-11,26H,1-2,7-8H2,(H,27,28,29)/t10-,11+/m0/s1. The number of hydrogen-bond donors (Lipinski definition) is 2. The molecule has 0 radical (unpaired) electrons. The van der Waals surface area contributed by atoms with E-state index in [0.717, 1.165) is 12.4 Å². The van der Waals surface area contributed by atoms with Crippen molar-refractivity contribution in [2.45, 2.75) is 17.2 Å². The third-order valence-corrected chi connectivity index (χ3v) is 7.42. The quantitative estimate of drug-likeness (QED) is 0.364. The average Bonchev–Trinajstić information content (AvgIpc) is 3.29. The van der Waals surface area contributed by atoms with Gasteiger partial charge in [0.25, 0.3) is 10.0 Å². The minimum atomic E-state index is -4.48. The highest BCUT2D eigenvalue weighted by Crippen LogP contribution is 2.34. The molecule has 34 heavy (non-hydrogen) atoms. The minimum Gasteiger partial charge on any atom is -0.490 e. The topological polar surface area (TPSA) is 93.2 Å². The van der Waals surface area contributed by atoms with Crippen LogP contribution in [0.15, 0.2) is 35.5 Å². The Morgan fingerprint density at radius 2 is 1.79 bits per heavy atom. The predicted octanol–water partition coefficient (Wildman–Crippen LogP) is 3.81. The van der Waals surface area contributed by atoms with Crippen LogP contribution in [0.3, 0.4) is 0 Å². The van der Waals surface area contributed by atoms with E-state index < -0.39 is 61.6 Å².